The molecular weight excluding hydrogens is 225 g/mol. The third-order valence-corrected chi connectivity index (χ3v) is 2.19. The van der Waals surface area contributed by atoms with Crippen molar-refractivity contribution in [2.75, 3.05) is 12.4 Å². The van der Waals surface area contributed by atoms with E-state index in [1.54, 1.807) is 17.0 Å². The van der Waals surface area contributed by atoms with Crippen molar-refractivity contribution in [1.29, 1.82) is 0 Å². The van der Waals surface area contributed by atoms with Gasteiger partial charge in [-0.15, -0.1) is 11.6 Å². The summed E-state index contributed by atoms with van der Waals surface area (Å²) in [5, 5.41) is 3.04. The number of halogens is 2. The first-order valence-electron chi connectivity index (χ1n) is 4.23. The molecule has 6 heteroatoms. The number of nitrogens with one attached hydrogen (secondary N) is 1. The second-order valence-electron chi connectivity index (χ2n) is 2.72. The van der Waals surface area contributed by atoms with E-state index in [1.165, 1.54) is 0 Å². The molecule has 14 heavy (non-hydrogen) atoms. The number of nitrogens with zero attached hydrogens (tertiary/aromatic N) is 2. The minimum Gasteiger partial charge on any atom is -0.355 e. The van der Waals surface area contributed by atoms with E-state index < -0.39 is 0 Å². The molecule has 0 aromatic carbocycles. The molecule has 1 aromatic heterocycles. The van der Waals surface area contributed by atoms with Crippen molar-refractivity contribution >= 4 is 29.1 Å². The summed E-state index contributed by atoms with van der Waals surface area (Å²) in [4.78, 5) is 15.1. The first-order valence-corrected chi connectivity index (χ1v) is 5.14. The Morgan fingerprint density at radius 3 is 3.00 bits per heavy atom. The zero-order valence-corrected chi connectivity index (χ0v) is 9.05. The molecule has 0 unspecified atom stereocenters. The van der Waals surface area contributed by atoms with Gasteiger partial charge in [0.1, 0.15) is 6.54 Å². The van der Waals surface area contributed by atoms with Crippen molar-refractivity contribution in [2.45, 2.75) is 13.0 Å². The lowest BCUT2D eigenvalue weighted by Gasteiger charge is -2.04. The van der Waals surface area contributed by atoms with Crippen LogP contribution < -0.4 is 5.32 Å². The Morgan fingerprint density at radius 2 is 2.43 bits per heavy atom. The fourth-order valence-electron chi connectivity index (χ4n) is 0.934. The Balaban J connectivity index is 2.31. The van der Waals surface area contributed by atoms with Gasteiger partial charge in [0.25, 0.3) is 0 Å². The molecule has 78 valence electrons. The summed E-state index contributed by atoms with van der Waals surface area (Å²) >= 11 is 11.2. The minimum absolute atomic E-state index is 0.0879. The van der Waals surface area contributed by atoms with Gasteiger partial charge in [-0.2, -0.15) is 0 Å². The van der Waals surface area contributed by atoms with Crippen LogP contribution in [0.5, 0.6) is 0 Å². The van der Waals surface area contributed by atoms with Crippen molar-refractivity contribution in [3.8, 4) is 0 Å². The normalized spacial score (nSPS) is 10.1. The molecule has 1 N–H and O–H groups in total. The van der Waals surface area contributed by atoms with Crippen molar-refractivity contribution in [1.82, 2.24) is 14.9 Å². The van der Waals surface area contributed by atoms with Crippen LogP contribution >= 0.6 is 23.2 Å². The van der Waals surface area contributed by atoms with Crippen LogP contribution in [0.3, 0.4) is 0 Å². The molecule has 0 aliphatic heterocycles. The second kappa shape index (κ2) is 5.88. The number of alkyl halides is 1. The van der Waals surface area contributed by atoms with Crippen molar-refractivity contribution in [3.05, 3.63) is 17.7 Å². The molecule has 0 bridgehead atoms. The standard InChI is InChI=1S/C8H11Cl2N3O/c9-2-1-3-11-7(14)6-13-5-4-12-8(13)10/h4-5H,1-3,6H2,(H,11,14). The van der Waals surface area contributed by atoms with Crippen LogP contribution in [0.25, 0.3) is 0 Å². The van der Waals surface area contributed by atoms with Gasteiger partial charge >= 0.3 is 0 Å². The predicted molar refractivity (Wildman–Crippen MR) is 55.6 cm³/mol. The molecule has 0 fully saturated rings. The van der Waals surface area contributed by atoms with Crippen LogP contribution in [-0.2, 0) is 11.3 Å². The third kappa shape index (κ3) is 3.55. The van der Waals surface area contributed by atoms with Crippen LogP contribution in [0.15, 0.2) is 12.4 Å². The van der Waals surface area contributed by atoms with Gasteiger partial charge in [0.05, 0.1) is 0 Å². The summed E-state index contributed by atoms with van der Waals surface area (Å²) in [5.74, 6) is 0.460. The largest absolute Gasteiger partial charge is 0.355 e. The zero-order valence-electron chi connectivity index (χ0n) is 7.54. The Kier molecular flexibility index (Phi) is 4.76. The molecule has 0 aliphatic rings. The van der Waals surface area contributed by atoms with Gasteiger partial charge in [-0.05, 0) is 18.0 Å². The monoisotopic (exact) mass is 235 g/mol. The summed E-state index contributed by atoms with van der Waals surface area (Å²) in [6.07, 6.45) is 3.97. The molecule has 0 radical (unpaired) electrons. The lowest BCUT2D eigenvalue weighted by Crippen LogP contribution is -2.28. The number of carbonyl (C=O) groups excluding carboxylic acids is 1. The molecule has 0 saturated heterocycles. The van der Waals surface area contributed by atoms with Gasteiger partial charge in [-0.3, -0.25) is 4.79 Å². The van der Waals surface area contributed by atoms with Gasteiger partial charge < -0.3 is 9.88 Å². The summed E-state index contributed by atoms with van der Waals surface area (Å²) in [5.41, 5.74) is 0. The maximum atomic E-state index is 11.3. The topological polar surface area (TPSA) is 46.9 Å². The van der Waals surface area contributed by atoms with E-state index in [0.717, 1.165) is 6.42 Å². The van der Waals surface area contributed by atoms with E-state index in [9.17, 15) is 4.79 Å². The number of imidazole rings is 1. The van der Waals surface area contributed by atoms with Crippen LogP contribution in [0.2, 0.25) is 5.28 Å². The Bertz CT molecular complexity index is 301. The Hall–Kier alpha value is -0.740. The van der Waals surface area contributed by atoms with Gasteiger partial charge in [0.15, 0.2) is 0 Å². The molecule has 1 heterocycles. The van der Waals surface area contributed by atoms with E-state index in [-0.39, 0.29) is 12.5 Å². The first kappa shape index (κ1) is 11.3. The van der Waals surface area contributed by atoms with Gasteiger partial charge in [0.2, 0.25) is 11.2 Å². The van der Waals surface area contributed by atoms with E-state index in [0.29, 0.717) is 17.7 Å². The maximum Gasteiger partial charge on any atom is 0.240 e. The van der Waals surface area contributed by atoms with E-state index >= 15 is 0 Å². The highest BCUT2D eigenvalue weighted by Gasteiger charge is 2.04. The van der Waals surface area contributed by atoms with Crippen LogP contribution in [-0.4, -0.2) is 27.9 Å². The predicted octanol–water partition coefficient (Wildman–Crippen LogP) is 1.28. The number of carbonyl (C=O) groups is 1. The molecule has 0 atom stereocenters. The fourth-order valence-corrected chi connectivity index (χ4v) is 1.24. The zero-order chi connectivity index (χ0) is 10.4. The number of amides is 1. The van der Waals surface area contributed by atoms with E-state index in [2.05, 4.69) is 10.3 Å². The van der Waals surface area contributed by atoms with Crippen molar-refractivity contribution < 1.29 is 4.79 Å². The van der Waals surface area contributed by atoms with E-state index in [4.69, 9.17) is 23.2 Å². The highest BCUT2D eigenvalue weighted by Crippen LogP contribution is 2.03. The maximum absolute atomic E-state index is 11.3. The summed E-state index contributed by atoms with van der Waals surface area (Å²) < 4.78 is 1.57. The van der Waals surface area contributed by atoms with Crippen molar-refractivity contribution in [2.24, 2.45) is 0 Å². The second-order valence-corrected chi connectivity index (χ2v) is 3.43. The summed E-state index contributed by atoms with van der Waals surface area (Å²) in [6, 6.07) is 0. The van der Waals surface area contributed by atoms with Gasteiger partial charge in [-0.1, -0.05) is 0 Å². The Labute approximate surface area is 92.2 Å². The number of rotatable bonds is 5. The molecule has 1 rings (SSSR count). The van der Waals surface area contributed by atoms with Crippen LogP contribution in [0, 0.1) is 0 Å². The smallest absolute Gasteiger partial charge is 0.240 e. The highest BCUT2D eigenvalue weighted by atomic mass is 35.5. The number of hydrogen-bond donors (Lipinski definition) is 1. The molecule has 1 aromatic rings. The van der Waals surface area contributed by atoms with Crippen molar-refractivity contribution in [3.63, 3.8) is 0 Å². The van der Waals surface area contributed by atoms with Gasteiger partial charge in [-0.25, -0.2) is 4.98 Å². The highest BCUT2D eigenvalue weighted by molar-refractivity contribution is 6.28. The van der Waals surface area contributed by atoms with E-state index in [1.807, 2.05) is 0 Å². The van der Waals surface area contributed by atoms with Crippen LogP contribution in [0.4, 0.5) is 0 Å². The number of aromatic nitrogens is 2. The molecule has 0 spiro atoms. The summed E-state index contributed by atoms with van der Waals surface area (Å²) in [6.45, 7) is 0.787. The fraction of sp³-hybridized carbons (Fsp3) is 0.500. The first-order chi connectivity index (χ1) is 6.74. The minimum atomic E-state index is -0.0879. The average Bonchev–Trinajstić information content (AvgIpc) is 2.52. The molecule has 1 amide bonds. The third-order valence-electron chi connectivity index (χ3n) is 1.61. The quantitative estimate of drug-likeness (QED) is 0.618. The lowest BCUT2D eigenvalue weighted by atomic mass is 10.4. The SMILES string of the molecule is O=C(Cn1ccnc1Cl)NCCCCl. The molecular formula is C8H11Cl2N3O. The molecule has 0 aliphatic carbocycles. The lowest BCUT2D eigenvalue weighted by molar-refractivity contribution is -0.121. The molecule has 0 saturated carbocycles. The Morgan fingerprint density at radius 1 is 1.64 bits per heavy atom. The van der Waals surface area contributed by atoms with Gasteiger partial charge in [0, 0.05) is 24.8 Å². The van der Waals surface area contributed by atoms with Crippen LogP contribution in [0.1, 0.15) is 6.42 Å². The molecule has 4 nitrogen and oxygen atoms in total. The average molecular weight is 236 g/mol. The number of hydrogen-bond acceptors (Lipinski definition) is 2. The summed E-state index contributed by atoms with van der Waals surface area (Å²) in [7, 11) is 0.